The molecule has 0 saturated carbocycles. The summed E-state index contributed by atoms with van der Waals surface area (Å²) in [5.74, 6) is -0.264. The minimum atomic E-state index is -0.137. The first kappa shape index (κ1) is 19.6. The molecule has 0 unspecified atom stereocenters. The van der Waals surface area contributed by atoms with Crippen LogP contribution in [0.15, 0.2) is 73.6 Å². The Labute approximate surface area is 175 Å². The molecule has 0 saturated heterocycles. The number of hydrogen-bond acceptors (Lipinski definition) is 3. The Hall–Kier alpha value is -3.67. The van der Waals surface area contributed by atoms with E-state index in [-0.39, 0.29) is 11.8 Å². The van der Waals surface area contributed by atoms with Gasteiger partial charge in [-0.1, -0.05) is 36.9 Å². The predicted octanol–water partition coefficient (Wildman–Crippen LogP) is 3.33. The number of aromatic nitrogens is 2. The Balaban J connectivity index is 1.48. The molecular formula is C24H24N4O2. The lowest BCUT2D eigenvalue weighted by atomic mass is 9.95. The van der Waals surface area contributed by atoms with Gasteiger partial charge in [-0.3, -0.25) is 14.3 Å². The van der Waals surface area contributed by atoms with Gasteiger partial charge in [0.15, 0.2) is 0 Å². The standard InChI is InChI=1S/C24H24N4O2/c1-2-23(29)28-14-5-10-20-21(9-4-11-22(20)28)24(30)25-16-18-7-3-8-19(15-18)17-27-13-6-12-26-27/h2-4,6-9,11-13,15H,1,5,10,14,16-17H2,(H,25,30). The summed E-state index contributed by atoms with van der Waals surface area (Å²) >= 11 is 0. The van der Waals surface area contributed by atoms with Crippen molar-refractivity contribution in [3.05, 3.63) is 95.8 Å². The van der Waals surface area contributed by atoms with Crippen molar-refractivity contribution in [1.29, 1.82) is 0 Å². The van der Waals surface area contributed by atoms with Gasteiger partial charge in [-0.15, -0.1) is 0 Å². The summed E-state index contributed by atoms with van der Waals surface area (Å²) in [6.07, 6.45) is 6.60. The van der Waals surface area contributed by atoms with E-state index in [2.05, 4.69) is 23.1 Å². The summed E-state index contributed by atoms with van der Waals surface area (Å²) in [6.45, 7) is 5.35. The molecule has 0 atom stereocenters. The fourth-order valence-electron chi connectivity index (χ4n) is 3.87. The van der Waals surface area contributed by atoms with Crippen LogP contribution >= 0.6 is 0 Å². The number of carbonyl (C=O) groups excluding carboxylic acids is 2. The van der Waals surface area contributed by atoms with Crippen molar-refractivity contribution in [2.45, 2.75) is 25.9 Å². The van der Waals surface area contributed by atoms with Gasteiger partial charge in [0.25, 0.3) is 5.91 Å². The predicted molar refractivity (Wildman–Crippen MR) is 116 cm³/mol. The van der Waals surface area contributed by atoms with E-state index in [4.69, 9.17) is 0 Å². The second-order valence-electron chi connectivity index (χ2n) is 7.31. The van der Waals surface area contributed by atoms with Crippen LogP contribution in [-0.2, 0) is 24.3 Å². The second-order valence-corrected chi connectivity index (χ2v) is 7.31. The molecule has 0 fully saturated rings. The molecule has 0 radical (unpaired) electrons. The minimum Gasteiger partial charge on any atom is -0.348 e. The first-order valence-corrected chi connectivity index (χ1v) is 10.0. The van der Waals surface area contributed by atoms with Crippen molar-refractivity contribution in [1.82, 2.24) is 15.1 Å². The molecule has 0 bridgehead atoms. The Bertz CT molecular complexity index is 1070. The van der Waals surface area contributed by atoms with E-state index in [1.165, 1.54) is 6.08 Å². The summed E-state index contributed by atoms with van der Waals surface area (Å²) in [7, 11) is 0. The van der Waals surface area contributed by atoms with Crippen molar-refractivity contribution < 1.29 is 9.59 Å². The Morgan fingerprint density at radius 1 is 1.13 bits per heavy atom. The first-order valence-electron chi connectivity index (χ1n) is 10.0. The zero-order valence-electron chi connectivity index (χ0n) is 16.8. The molecule has 1 N–H and O–H groups in total. The smallest absolute Gasteiger partial charge is 0.251 e. The zero-order chi connectivity index (χ0) is 20.9. The highest BCUT2D eigenvalue weighted by Crippen LogP contribution is 2.30. The molecular weight excluding hydrogens is 376 g/mol. The Kier molecular flexibility index (Phi) is 5.75. The average Bonchev–Trinajstić information content (AvgIpc) is 3.29. The lowest BCUT2D eigenvalue weighted by molar-refractivity contribution is -0.114. The van der Waals surface area contributed by atoms with Crippen LogP contribution in [-0.4, -0.2) is 28.1 Å². The Morgan fingerprint density at radius 2 is 1.97 bits per heavy atom. The molecule has 1 aliphatic rings. The summed E-state index contributed by atoms with van der Waals surface area (Å²) in [5, 5.41) is 7.26. The maximum atomic E-state index is 12.9. The number of anilines is 1. The van der Waals surface area contributed by atoms with Crippen molar-refractivity contribution in [3.63, 3.8) is 0 Å². The molecule has 0 aliphatic carbocycles. The van der Waals surface area contributed by atoms with E-state index in [1.54, 1.807) is 11.1 Å². The van der Waals surface area contributed by atoms with Crippen LogP contribution in [0.25, 0.3) is 0 Å². The van der Waals surface area contributed by atoms with Gasteiger partial charge in [0.1, 0.15) is 0 Å². The molecule has 30 heavy (non-hydrogen) atoms. The van der Waals surface area contributed by atoms with Gasteiger partial charge in [0.05, 0.1) is 6.54 Å². The van der Waals surface area contributed by atoms with Crippen LogP contribution < -0.4 is 10.2 Å². The fraction of sp³-hybridized carbons (Fsp3) is 0.208. The third-order valence-corrected chi connectivity index (χ3v) is 5.28. The van der Waals surface area contributed by atoms with Crippen LogP contribution in [0.5, 0.6) is 0 Å². The summed E-state index contributed by atoms with van der Waals surface area (Å²) in [5.41, 5.74) is 4.51. The molecule has 2 aromatic carbocycles. The SMILES string of the molecule is C=CC(=O)N1CCCc2c(C(=O)NCc3cccc(Cn4cccn4)c3)cccc21. The van der Waals surface area contributed by atoms with E-state index < -0.39 is 0 Å². The minimum absolute atomic E-state index is 0.128. The number of hydrogen-bond donors (Lipinski definition) is 1. The molecule has 3 aromatic rings. The molecule has 1 aromatic heterocycles. The third-order valence-electron chi connectivity index (χ3n) is 5.28. The number of amides is 2. The Morgan fingerprint density at radius 3 is 2.77 bits per heavy atom. The number of carbonyl (C=O) groups is 2. The first-order chi connectivity index (χ1) is 14.7. The van der Waals surface area contributed by atoms with Gasteiger partial charge in [-0.05, 0) is 53.8 Å². The fourth-order valence-corrected chi connectivity index (χ4v) is 3.87. The molecule has 0 spiro atoms. The molecule has 6 heteroatoms. The van der Waals surface area contributed by atoms with Gasteiger partial charge in [-0.2, -0.15) is 5.10 Å². The van der Waals surface area contributed by atoms with Gasteiger partial charge in [0, 0.05) is 36.7 Å². The maximum absolute atomic E-state index is 12.9. The van der Waals surface area contributed by atoms with Gasteiger partial charge in [-0.25, -0.2) is 0 Å². The van der Waals surface area contributed by atoms with E-state index in [1.807, 2.05) is 53.3 Å². The summed E-state index contributed by atoms with van der Waals surface area (Å²) in [6, 6.07) is 15.6. The van der Waals surface area contributed by atoms with E-state index >= 15 is 0 Å². The molecule has 2 heterocycles. The quantitative estimate of drug-likeness (QED) is 0.646. The second kappa shape index (κ2) is 8.78. The molecule has 1 aliphatic heterocycles. The summed E-state index contributed by atoms with van der Waals surface area (Å²) in [4.78, 5) is 26.8. The largest absolute Gasteiger partial charge is 0.348 e. The maximum Gasteiger partial charge on any atom is 0.251 e. The lowest BCUT2D eigenvalue weighted by Gasteiger charge is -2.29. The van der Waals surface area contributed by atoms with Gasteiger partial charge >= 0.3 is 0 Å². The topological polar surface area (TPSA) is 67.2 Å². The molecule has 152 valence electrons. The van der Waals surface area contributed by atoms with Gasteiger partial charge in [0.2, 0.25) is 5.91 Å². The van der Waals surface area contributed by atoms with Crippen molar-refractivity contribution in [2.75, 3.05) is 11.4 Å². The number of fused-ring (bicyclic) bond motifs is 1. The van der Waals surface area contributed by atoms with Crippen LogP contribution in [0.1, 0.15) is 33.5 Å². The van der Waals surface area contributed by atoms with E-state index in [0.29, 0.717) is 25.2 Å². The van der Waals surface area contributed by atoms with E-state index in [0.717, 1.165) is 35.2 Å². The molecule has 4 rings (SSSR count). The third kappa shape index (κ3) is 4.17. The molecule has 6 nitrogen and oxygen atoms in total. The van der Waals surface area contributed by atoms with Crippen molar-refractivity contribution >= 4 is 17.5 Å². The number of nitrogens with zero attached hydrogens (tertiary/aromatic N) is 3. The molecule has 2 amide bonds. The monoisotopic (exact) mass is 400 g/mol. The summed E-state index contributed by atoms with van der Waals surface area (Å²) < 4.78 is 1.87. The highest BCUT2D eigenvalue weighted by atomic mass is 16.2. The van der Waals surface area contributed by atoms with Crippen LogP contribution in [0.4, 0.5) is 5.69 Å². The average molecular weight is 400 g/mol. The van der Waals surface area contributed by atoms with Crippen LogP contribution in [0.2, 0.25) is 0 Å². The van der Waals surface area contributed by atoms with Crippen molar-refractivity contribution in [3.8, 4) is 0 Å². The normalized spacial score (nSPS) is 12.9. The number of rotatable bonds is 6. The van der Waals surface area contributed by atoms with E-state index in [9.17, 15) is 9.59 Å². The van der Waals surface area contributed by atoms with Gasteiger partial charge < -0.3 is 10.2 Å². The highest BCUT2D eigenvalue weighted by molar-refractivity contribution is 6.04. The lowest BCUT2D eigenvalue weighted by Crippen LogP contribution is -2.35. The van der Waals surface area contributed by atoms with Crippen molar-refractivity contribution in [2.24, 2.45) is 0 Å². The number of nitrogens with one attached hydrogen (secondary N) is 1. The highest BCUT2D eigenvalue weighted by Gasteiger charge is 2.24. The van der Waals surface area contributed by atoms with Crippen LogP contribution in [0.3, 0.4) is 0 Å². The number of benzene rings is 2. The van der Waals surface area contributed by atoms with Crippen LogP contribution in [0, 0.1) is 0 Å². The zero-order valence-corrected chi connectivity index (χ0v) is 16.8.